The van der Waals surface area contributed by atoms with E-state index in [9.17, 15) is 0 Å². The van der Waals surface area contributed by atoms with Gasteiger partial charge in [0.15, 0.2) is 11.6 Å². The number of rotatable bonds is 2. The van der Waals surface area contributed by atoms with Crippen LogP contribution in [0, 0.1) is 6.92 Å². The van der Waals surface area contributed by atoms with Crippen molar-refractivity contribution in [3.8, 4) is 22.6 Å². The van der Waals surface area contributed by atoms with Crippen LogP contribution >= 0.6 is 0 Å². The van der Waals surface area contributed by atoms with E-state index in [4.69, 9.17) is 5.73 Å². The Morgan fingerprint density at radius 1 is 1.32 bits per heavy atom. The smallest absolute Gasteiger partial charge is 0.158 e. The van der Waals surface area contributed by atoms with E-state index in [-0.39, 0.29) is 0 Å². The molecule has 0 aliphatic heterocycles. The molecule has 0 amide bonds. The van der Waals surface area contributed by atoms with Crippen LogP contribution in [-0.2, 0) is 7.05 Å². The highest BCUT2D eigenvalue weighted by Gasteiger charge is 2.17. The molecule has 5 nitrogen and oxygen atoms in total. The van der Waals surface area contributed by atoms with Crippen molar-refractivity contribution >= 4 is 5.82 Å². The molecule has 96 valence electrons. The third-order valence-electron chi connectivity index (χ3n) is 3.15. The Morgan fingerprint density at radius 3 is 2.84 bits per heavy atom. The summed E-state index contributed by atoms with van der Waals surface area (Å²) in [5.74, 6) is 1.31. The molecule has 0 aliphatic rings. The number of nitrogens with one attached hydrogen (secondary N) is 1. The molecule has 0 spiro atoms. The first-order chi connectivity index (χ1) is 9.16. The van der Waals surface area contributed by atoms with Crippen molar-refractivity contribution in [2.24, 2.45) is 7.05 Å². The number of nitrogen functional groups attached to an aromatic ring is 1. The Kier molecular flexibility index (Phi) is 2.59. The number of nitrogens with two attached hydrogens (primary N) is 1. The molecule has 0 bridgehead atoms. The third-order valence-corrected chi connectivity index (χ3v) is 3.15. The standard InChI is InChI=1S/C14H15N5/c1-9-4-3-5-10(8-9)11-12(17-18-13(11)15)14-16-6-7-19(14)2/h3-8H,1-2H3,(H3,15,17,18). The second-order valence-electron chi connectivity index (χ2n) is 4.59. The summed E-state index contributed by atoms with van der Waals surface area (Å²) >= 11 is 0. The summed E-state index contributed by atoms with van der Waals surface area (Å²) < 4.78 is 1.94. The van der Waals surface area contributed by atoms with Crippen molar-refractivity contribution in [2.75, 3.05) is 5.73 Å². The van der Waals surface area contributed by atoms with Crippen LogP contribution in [0.5, 0.6) is 0 Å². The fourth-order valence-corrected chi connectivity index (χ4v) is 2.22. The van der Waals surface area contributed by atoms with Gasteiger partial charge < -0.3 is 10.3 Å². The summed E-state index contributed by atoms with van der Waals surface area (Å²) in [6.45, 7) is 2.06. The molecule has 3 N–H and O–H groups in total. The minimum absolute atomic E-state index is 0.489. The van der Waals surface area contributed by atoms with E-state index in [0.29, 0.717) is 5.82 Å². The highest BCUT2D eigenvalue weighted by Crippen LogP contribution is 2.33. The molecule has 0 radical (unpaired) electrons. The second kappa shape index (κ2) is 4.28. The van der Waals surface area contributed by atoms with Gasteiger partial charge in [-0.3, -0.25) is 5.10 Å². The zero-order valence-electron chi connectivity index (χ0n) is 10.9. The van der Waals surface area contributed by atoms with E-state index in [1.165, 1.54) is 5.56 Å². The minimum Gasteiger partial charge on any atom is -0.382 e. The van der Waals surface area contributed by atoms with Crippen molar-refractivity contribution in [1.82, 2.24) is 19.7 Å². The molecule has 0 atom stereocenters. The van der Waals surface area contributed by atoms with Crippen molar-refractivity contribution in [3.63, 3.8) is 0 Å². The fraction of sp³-hybridized carbons (Fsp3) is 0.143. The first kappa shape index (κ1) is 11.5. The van der Waals surface area contributed by atoms with Gasteiger partial charge in [-0.05, 0) is 12.5 Å². The highest BCUT2D eigenvalue weighted by atomic mass is 15.2. The van der Waals surface area contributed by atoms with Crippen molar-refractivity contribution in [2.45, 2.75) is 6.92 Å². The number of nitrogens with zero attached hydrogens (tertiary/aromatic N) is 3. The van der Waals surface area contributed by atoms with Crippen LogP contribution in [-0.4, -0.2) is 19.7 Å². The molecule has 3 aromatic rings. The molecule has 3 rings (SSSR count). The largest absolute Gasteiger partial charge is 0.382 e. The number of anilines is 1. The van der Waals surface area contributed by atoms with Crippen molar-refractivity contribution < 1.29 is 0 Å². The monoisotopic (exact) mass is 253 g/mol. The minimum atomic E-state index is 0.489. The van der Waals surface area contributed by atoms with Crippen LogP contribution in [0.1, 0.15) is 5.56 Å². The Morgan fingerprint density at radius 2 is 2.16 bits per heavy atom. The molecule has 0 unspecified atom stereocenters. The maximum atomic E-state index is 6.00. The first-order valence-electron chi connectivity index (χ1n) is 6.05. The van der Waals surface area contributed by atoms with Gasteiger partial charge in [0.2, 0.25) is 0 Å². The molecular weight excluding hydrogens is 238 g/mol. The highest BCUT2D eigenvalue weighted by molar-refractivity contribution is 5.86. The molecule has 0 fully saturated rings. The number of H-pyrrole nitrogens is 1. The summed E-state index contributed by atoms with van der Waals surface area (Å²) in [5, 5.41) is 7.10. The van der Waals surface area contributed by atoms with Crippen molar-refractivity contribution in [1.29, 1.82) is 0 Å². The topological polar surface area (TPSA) is 72.5 Å². The van der Waals surface area contributed by atoms with E-state index in [2.05, 4.69) is 34.2 Å². The summed E-state index contributed by atoms with van der Waals surface area (Å²) in [7, 11) is 1.94. The molecule has 1 aromatic carbocycles. The van der Waals surface area contributed by atoms with E-state index in [1.54, 1.807) is 6.20 Å². The maximum Gasteiger partial charge on any atom is 0.158 e. The quantitative estimate of drug-likeness (QED) is 0.736. The van der Waals surface area contributed by atoms with Gasteiger partial charge in [0.05, 0.1) is 5.56 Å². The van der Waals surface area contributed by atoms with Gasteiger partial charge in [-0.25, -0.2) is 4.98 Å². The van der Waals surface area contributed by atoms with E-state index < -0.39 is 0 Å². The predicted molar refractivity (Wildman–Crippen MR) is 75.4 cm³/mol. The van der Waals surface area contributed by atoms with E-state index in [0.717, 1.165) is 22.6 Å². The summed E-state index contributed by atoms with van der Waals surface area (Å²) in [4.78, 5) is 4.34. The molecule has 19 heavy (non-hydrogen) atoms. The lowest BCUT2D eigenvalue weighted by Crippen LogP contribution is -1.94. The Balaban J connectivity index is 2.22. The van der Waals surface area contributed by atoms with Gasteiger partial charge >= 0.3 is 0 Å². The number of benzene rings is 1. The van der Waals surface area contributed by atoms with Gasteiger partial charge in [-0.1, -0.05) is 29.8 Å². The Bertz CT molecular complexity index is 723. The van der Waals surface area contributed by atoms with Crippen molar-refractivity contribution in [3.05, 3.63) is 42.2 Å². The molecular formula is C14H15N5. The Labute approximate surface area is 111 Å². The number of imidazole rings is 1. The van der Waals surface area contributed by atoms with Gasteiger partial charge in [0.1, 0.15) is 5.69 Å². The van der Waals surface area contributed by atoms with Crippen LogP contribution in [0.3, 0.4) is 0 Å². The van der Waals surface area contributed by atoms with Crippen LogP contribution in [0.2, 0.25) is 0 Å². The normalized spacial score (nSPS) is 10.8. The molecule has 2 aromatic heterocycles. The maximum absolute atomic E-state index is 6.00. The second-order valence-corrected chi connectivity index (χ2v) is 4.59. The fourth-order valence-electron chi connectivity index (χ4n) is 2.22. The average molecular weight is 253 g/mol. The molecule has 5 heteroatoms. The Hall–Kier alpha value is -2.56. The van der Waals surface area contributed by atoms with Gasteiger partial charge in [-0.2, -0.15) is 5.10 Å². The van der Waals surface area contributed by atoms with Crippen LogP contribution in [0.4, 0.5) is 5.82 Å². The molecule has 2 heterocycles. The molecule has 0 saturated heterocycles. The van der Waals surface area contributed by atoms with Crippen LogP contribution in [0.25, 0.3) is 22.6 Å². The summed E-state index contributed by atoms with van der Waals surface area (Å²) in [6.07, 6.45) is 3.65. The average Bonchev–Trinajstić information content (AvgIpc) is 2.95. The zero-order valence-corrected chi connectivity index (χ0v) is 10.9. The third kappa shape index (κ3) is 1.89. The van der Waals surface area contributed by atoms with E-state index >= 15 is 0 Å². The summed E-state index contributed by atoms with van der Waals surface area (Å²) in [6, 6.07) is 8.19. The van der Waals surface area contributed by atoms with Crippen LogP contribution in [0.15, 0.2) is 36.7 Å². The SMILES string of the molecule is Cc1cccc(-c2c(N)n[nH]c2-c2nccn2C)c1. The number of aromatic nitrogens is 4. The van der Waals surface area contributed by atoms with Crippen LogP contribution < -0.4 is 5.73 Å². The van der Waals surface area contributed by atoms with Gasteiger partial charge in [0.25, 0.3) is 0 Å². The lowest BCUT2D eigenvalue weighted by atomic mass is 10.0. The van der Waals surface area contributed by atoms with Gasteiger partial charge in [0, 0.05) is 19.4 Å². The number of aryl methyl sites for hydroxylation is 2. The van der Waals surface area contributed by atoms with Gasteiger partial charge in [-0.15, -0.1) is 0 Å². The predicted octanol–water partition coefficient (Wildman–Crippen LogP) is 2.37. The number of aromatic amines is 1. The first-order valence-corrected chi connectivity index (χ1v) is 6.05. The molecule has 0 aliphatic carbocycles. The zero-order chi connectivity index (χ0) is 13.4. The van der Waals surface area contributed by atoms with E-state index in [1.807, 2.05) is 29.9 Å². The molecule has 0 saturated carbocycles. The lowest BCUT2D eigenvalue weighted by Gasteiger charge is -2.05. The number of hydrogen-bond donors (Lipinski definition) is 2. The lowest BCUT2D eigenvalue weighted by molar-refractivity contribution is 0.914. The number of hydrogen-bond acceptors (Lipinski definition) is 3. The summed E-state index contributed by atoms with van der Waals surface area (Å²) in [5.41, 5.74) is 9.97.